The Morgan fingerprint density at radius 1 is 1.50 bits per heavy atom. The highest BCUT2D eigenvalue weighted by Crippen LogP contribution is 2.09. The lowest BCUT2D eigenvalue weighted by Crippen LogP contribution is -2.45. The maximum atomic E-state index is 13.1. The minimum atomic E-state index is -0.330. The molecule has 1 aliphatic rings. The van der Waals surface area contributed by atoms with Crippen LogP contribution in [0, 0.1) is 5.82 Å². The monoisotopic (exact) mass is 279 g/mol. The lowest BCUT2D eigenvalue weighted by atomic mass is 10.2. The lowest BCUT2D eigenvalue weighted by molar-refractivity contribution is -0.0192. The molecule has 0 aromatic carbocycles. The van der Waals surface area contributed by atoms with Crippen molar-refractivity contribution >= 4 is 11.6 Å². The number of fused-ring (bicyclic) bond motifs is 1. The number of pyridine rings is 1. The molecular weight excluding hydrogens is 261 g/mol. The van der Waals surface area contributed by atoms with Gasteiger partial charge in [0.15, 0.2) is 5.65 Å². The summed E-state index contributed by atoms with van der Waals surface area (Å²) in [5.41, 5.74) is 0.619. The summed E-state index contributed by atoms with van der Waals surface area (Å²) < 4.78 is 20.2. The molecule has 108 valence electrons. The quantitative estimate of drug-likeness (QED) is 0.905. The van der Waals surface area contributed by atoms with Crippen LogP contribution in [-0.4, -0.2) is 58.4 Å². The van der Waals surface area contributed by atoms with Gasteiger partial charge in [-0.1, -0.05) is 6.92 Å². The number of hydrogen-bond acceptors (Lipinski definition) is 5. The Kier molecular flexibility index (Phi) is 3.79. The molecule has 0 spiro atoms. The highest BCUT2D eigenvalue weighted by molar-refractivity contribution is 5.43. The van der Waals surface area contributed by atoms with Crippen LogP contribution in [0.25, 0.3) is 5.65 Å². The first kappa shape index (κ1) is 13.3. The van der Waals surface area contributed by atoms with E-state index in [-0.39, 0.29) is 11.9 Å². The summed E-state index contributed by atoms with van der Waals surface area (Å²) in [6, 6.07) is 2.97. The number of rotatable bonds is 4. The maximum absolute atomic E-state index is 13.1. The van der Waals surface area contributed by atoms with E-state index < -0.39 is 0 Å². The van der Waals surface area contributed by atoms with Crippen LogP contribution in [-0.2, 0) is 4.74 Å². The molecule has 1 N–H and O–H groups in total. The molecule has 0 bridgehead atoms. The van der Waals surface area contributed by atoms with E-state index in [9.17, 15) is 4.39 Å². The van der Waals surface area contributed by atoms with Crippen LogP contribution in [0.15, 0.2) is 18.3 Å². The summed E-state index contributed by atoms with van der Waals surface area (Å²) in [4.78, 5) is 6.63. The summed E-state index contributed by atoms with van der Waals surface area (Å²) in [5, 5.41) is 7.33. The number of anilines is 1. The fraction of sp³-hybridized carbons (Fsp3) is 0.538. The van der Waals surface area contributed by atoms with Crippen molar-refractivity contribution in [3.05, 3.63) is 24.1 Å². The third-order valence-corrected chi connectivity index (χ3v) is 3.45. The van der Waals surface area contributed by atoms with Crippen molar-refractivity contribution in [2.75, 3.05) is 38.1 Å². The van der Waals surface area contributed by atoms with Gasteiger partial charge in [0.2, 0.25) is 5.95 Å². The Balaban J connectivity index is 1.62. The van der Waals surface area contributed by atoms with E-state index in [0.717, 1.165) is 26.2 Å². The van der Waals surface area contributed by atoms with E-state index >= 15 is 0 Å². The largest absolute Gasteiger partial charge is 0.374 e. The van der Waals surface area contributed by atoms with Crippen molar-refractivity contribution in [1.82, 2.24) is 19.5 Å². The number of likely N-dealkylation sites (N-methyl/N-ethyl adjacent to an activating group) is 1. The molecule has 6 nitrogen and oxygen atoms in total. The normalized spacial score (nSPS) is 20.4. The number of nitrogens with zero attached hydrogens (tertiary/aromatic N) is 4. The molecule has 1 saturated heterocycles. The third kappa shape index (κ3) is 2.88. The number of morpholine rings is 1. The molecule has 2 aromatic heterocycles. The fourth-order valence-corrected chi connectivity index (χ4v) is 2.33. The molecule has 1 aliphatic heterocycles. The van der Waals surface area contributed by atoms with Gasteiger partial charge in [-0.3, -0.25) is 4.90 Å². The van der Waals surface area contributed by atoms with Crippen molar-refractivity contribution < 1.29 is 9.13 Å². The lowest BCUT2D eigenvalue weighted by Gasteiger charge is -2.31. The summed E-state index contributed by atoms with van der Waals surface area (Å²) in [6.07, 6.45) is 1.44. The zero-order chi connectivity index (χ0) is 13.9. The summed E-state index contributed by atoms with van der Waals surface area (Å²) in [5.74, 6) is 0.163. The minimum Gasteiger partial charge on any atom is -0.374 e. The topological polar surface area (TPSA) is 54.7 Å². The van der Waals surface area contributed by atoms with E-state index in [1.165, 1.54) is 16.8 Å². The average Bonchev–Trinajstić information content (AvgIpc) is 2.87. The van der Waals surface area contributed by atoms with Crippen LogP contribution in [0.5, 0.6) is 0 Å². The molecule has 3 heterocycles. The van der Waals surface area contributed by atoms with Gasteiger partial charge in [0, 0.05) is 19.6 Å². The van der Waals surface area contributed by atoms with Gasteiger partial charge in [-0.15, -0.1) is 5.10 Å². The van der Waals surface area contributed by atoms with Crippen molar-refractivity contribution in [1.29, 1.82) is 0 Å². The number of aromatic nitrogens is 3. The molecule has 1 fully saturated rings. The van der Waals surface area contributed by atoms with Gasteiger partial charge in [0.25, 0.3) is 0 Å². The molecule has 1 atom stereocenters. The van der Waals surface area contributed by atoms with Gasteiger partial charge in [-0.2, -0.15) is 4.98 Å². The first-order chi connectivity index (χ1) is 9.74. The Hall–Kier alpha value is -1.73. The smallest absolute Gasteiger partial charge is 0.243 e. The fourth-order valence-electron chi connectivity index (χ4n) is 2.33. The van der Waals surface area contributed by atoms with Crippen LogP contribution >= 0.6 is 0 Å². The maximum Gasteiger partial charge on any atom is 0.243 e. The van der Waals surface area contributed by atoms with Crippen LogP contribution in [0.3, 0.4) is 0 Å². The second-order valence-electron chi connectivity index (χ2n) is 4.85. The van der Waals surface area contributed by atoms with Crippen molar-refractivity contribution in [2.24, 2.45) is 0 Å². The predicted octanol–water partition coefficient (Wildman–Crippen LogP) is 1.00. The molecule has 0 radical (unpaired) electrons. The Morgan fingerprint density at radius 3 is 3.25 bits per heavy atom. The van der Waals surface area contributed by atoms with E-state index in [1.807, 2.05) is 0 Å². The van der Waals surface area contributed by atoms with Crippen molar-refractivity contribution in [3.63, 3.8) is 0 Å². The van der Waals surface area contributed by atoms with E-state index in [4.69, 9.17) is 4.74 Å². The van der Waals surface area contributed by atoms with E-state index in [0.29, 0.717) is 18.1 Å². The third-order valence-electron chi connectivity index (χ3n) is 3.45. The minimum absolute atomic E-state index is 0.132. The zero-order valence-corrected chi connectivity index (χ0v) is 11.4. The van der Waals surface area contributed by atoms with Gasteiger partial charge in [0.05, 0.1) is 18.9 Å². The van der Waals surface area contributed by atoms with Crippen LogP contribution < -0.4 is 5.32 Å². The van der Waals surface area contributed by atoms with Gasteiger partial charge in [-0.05, 0) is 18.7 Å². The van der Waals surface area contributed by atoms with Crippen molar-refractivity contribution in [3.8, 4) is 0 Å². The van der Waals surface area contributed by atoms with Gasteiger partial charge in [0.1, 0.15) is 5.82 Å². The Labute approximate surface area is 116 Å². The molecule has 0 saturated carbocycles. The van der Waals surface area contributed by atoms with Gasteiger partial charge < -0.3 is 10.1 Å². The molecule has 7 heteroatoms. The van der Waals surface area contributed by atoms with Crippen molar-refractivity contribution in [2.45, 2.75) is 13.0 Å². The summed E-state index contributed by atoms with van der Waals surface area (Å²) >= 11 is 0. The zero-order valence-electron chi connectivity index (χ0n) is 11.4. The van der Waals surface area contributed by atoms with Gasteiger partial charge >= 0.3 is 0 Å². The first-order valence-corrected chi connectivity index (χ1v) is 6.84. The average molecular weight is 279 g/mol. The van der Waals surface area contributed by atoms with Gasteiger partial charge in [-0.25, -0.2) is 8.91 Å². The molecule has 3 rings (SSSR count). The second-order valence-corrected chi connectivity index (χ2v) is 4.85. The highest BCUT2D eigenvalue weighted by atomic mass is 19.1. The number of nitrogens with one attached hydrogen (secondary N) is 1. The summed E-state index contributed by atoms with van der Waals surface area (Å²) in [6.45, 7) is 6.48. The molecule has 1 unspecified atom stereocenters. The molecule has 20 heavy (non-hydrogen) atoms. The second kappa shape index (κ2) is 5.72. The molecule has 0 amide bonds. The molecule has 2 aromatic rings. The molecule has 0 aliphatic carbocycles. The van der Waals surface area contributed by atoms with Crippen LogP contribution in [0.1, 0.15) is 6.92 Å². The number of halogens is 1. The van der Waals surface area contributed by atoms with Crippen LogP contribution in [0.2, 0.25) is 0 Å². The predicted molar refractivity (Wildman–Crippen MR) is 73.3 cm³/mol. The first-order valence-electron chi connectivity index (χ1n) is 6.84. The number of ether oxygens (including phenoxy) is 1. The highest BCUT2D eigenvalue weighted by Gasteiger charge is 2.19. The Morgan fingerprint density at radius 2 is 2.40 bits per heavy atom. The SMILES string of the molecule is CCN1CCOC(CNc2nc3ccc(F)cn3n2)C1. The molecular formula is C13H18FN5O. The van der Waals surface area contributed by atoms with E-state index in [2.05, 4.69) is 27.2 Å². The summed E-state index contributed by atoms with van der Waals surface area (Å²) in [7, 11) is 0. The number of hydrogen-bond donors (Lipinski definition) is 1. The standard InChI is InChI=1S/C13H18FN5O/c1-2-18-5-6-20-11(9-18)7-15-13-16-12-4-3-10(14)8-19(12)17-13/h3-4,8,11H,2,5-7,9H2,1H3,(H,15,17). The van der Waals surface area contributed by atoms with E-state index in [1.54, 1.807) is 6.07 Å². The Bertz CT molecular complexity index is 587. The van der Waals surface area contributed by atoms with Crippen LogP contribution in [0.4, 0.5) is 10.3 Å².